The van der Waals surface area contributed by atoms with Crippen molar-refractivity contribution in [2.75, 3.05) is 0 Å². The maximum absolute atomic E-state index is 10.4. The summed E-state index contributed by atoms with van der Waals surface area (Å²) in [5.74, 6) is 1.11. The summed E-state index contributed by atoms with van der Waals surface area (Å²) in [4.78, 5) is 10.4. The van der Waals surface area contributed by atoms with Gasteiger partial charge in [-0.2, -0.15) is 0 Å². The molecule has 0 aromatic rings. The fourth-order valence-corrected chi connectivity index (χ4v) is 1.75. The minimum atomic E-state index is 0.398. The second-order valence-electron chi connectivity index (χ2n) is 2.90. The van der Waals surface area contributed by atoms with Crippen LogP contribution in [0.4, 0.5) is 0 Å². The van der Waals surface area contributed by atoms with Gasteiger partial charge in [0.05, 0.1) is 0 Å². The number of aldehydes is 1. The molecule has 1 aliphatic rings. The Morgan fingerprint density at radius 3 is 2.78 bits per heavy atom. The second kappa shape index (κ2) is 3.00. The largest absolute Gasteiger partial charge is 0.303 e. The van der Waals surface area contributed by atoms with E-state index < -0.39 is 0 Å². The molecule has 0 aliphatic heterocycles. The van der Waals surface area contributed by atoms with E-state index in [0.29, 0.717) is 11.8 Å². The van der Waals surface area contributed by atoms with Gasteiger partial charge >= 0.3 is 0 Å². The molecular weight excluding hydrogens is 112 g/mol. The Kier molecular flexibility index (Phi) is 2.26. The van der Waals surface area contributed by atoms with Crippen molar-refractivity contribution in [2.24, 2.45) is 11.8 Å². The Hall–Kier alpha value is -0.330. The molecule has 9 heavy (non-hydrogen) atoms. The van der Waals surface area contributed by atoms with Crippen LogP contribution >= 0.6 is 0 Å². The molecule has 0 amide bonds. The van der Waals surface area contributed by atoms with Gasteiger partial charge in [0.25, 0.3) is 0 Å². The summed E-state index contributed by atoms with van der Waals surface area (Å²) < 4.78 is 0. The van der Waals surface area contributed by atoms with Gasteiger partial charge in [-0.15, -0.1) is 0 Å². The first-order valence-corrected chi connectivity index (χ1v) is 3.83. The maximum atomic E-state index is 10.4. The average molecular weight is 126 g/mol. The number of carbonyl (C=O) groups is 1. The summed E-state index contributed by atoms with van der Waals surface area (Å²) in [6, 6.07) is 0. The van der Waals surface area contributed by atoms with Crippen LogP contribution in [-0.4, -0.2) is 6.29 Å². The summed E-state index contributed by atoms with van der Waals surface area (Å²) in [6.45, 7) is 2.17. The highest BCUT2D eigenvalue weighted by atomic mass is 16.1. The molecule has 1 unspecified atom stereocenters. The van der Waals surface area contributed by atoms with Gasteiger partial charge in [-0.25, -0.2) is 0 Å². The van der Waals surface area contributed by atoms with Gasteiger partial charge in [-0.05, 0) is 18.8 Å². The molecule has 0 saturated heterocycles. The third-order valence-corrected chi connectivity index (χ3v) is 2.42. The van der Waals surface area contributed by atoms with E-state index >= 15 is 0 Å². The average Bonchev–Trinajstić information content (AvgIpc) is 2.33. The van der Waals surface area contributed by atoms with Crippen molar-refractivity contribution >= 4 is 6.29 Å². The monoisotopic (exact) mass is 126 g/mol. The van der Waals surface area contributed by atoms with E-state index in [1.165, 1.54) is 19.3 Å². The first kappa shape index (κ1) is 6.79. The number of hydrogen-bond donors (Lipinski definition) is 0. The van der Waals surface area contributed by atoms with Crippen LogP contribution in [0.1, 0.15) is 32.6 Å². The summed E-state index contributed by atoms with van der Waals surface area (Å²) in [6.07, 6.45) is 6.01. The van der Waals surface area contributed by atoms with E-state index in [4.69, 9.17) is 0 Å². The van der Waals surface area contributed by atoms with Crippen molar-refractivity contribution < 1.29 is 4.79 Å². The Bertz CT molecular complexity index is 98.7. The Balaban J connectivity index is 2.41. The minimum absolute atomic E-state index is 0.398. The lowest BCUT2D eigenvalue weighted by Crippen LogP contribution is -2.06. The highest BCUT2D eigenvalue weighted by molar-refractivity contribution is 5.54. The van der Waals surface area contributed by atoms with E-state index in [1.807, 2.05) is 0 Å². The normalized spacial score (nSPS) is 34.8. The number of carbonyl (C=O) groups excluding carboxylic acids is 1. The zero-order chi connectivity index (χ0) is 6.69. The van der Waals surface area contributed by atoms with Gasteiger partial charge in [-0.3, -0.25) is 0 Å². The molecule has 0 spiro atoms. The highest BCUT2D eigenvalue weighted by Crippen LogP contribution is 2.31. The number of hydrogen-bond acceptors (Lipinski definition) is 1. The van der Waals surface area contributed by atoms with Crippen LogP contribution < -0.4 is 0 Å². The van der Waals surface area contributed by atoms with Gasteiger partial charge < -0.3 is 4.79 Å². The summed E-state index contributed by atoms with van der Waals surface area (Å²) in [5.41, 5.74) is 0. The zero-order valence-electron chi connectivity index (χ0n) is 5.97. The van der Waals surface area contributed by atoms with Crippen LogP contribution in [0.25, 0.3) is 0 Å². The molecule has 1 aliphatic carbocycles. The third-order valence-electron chi connectivity index (χ3n) is 2.42. The molecule has 0 radical (unpaired) electrons. The van der Waals surface area contributed by atoms with Crippen LogP contribution in [0.2, 0.25) is 0 Å². The fraction of sp³-hybridized carbons (Fsp3) is 0.875. The van der Waals surface area contributed by atoms with Crippen molar-refractivity contribution in [3.8, 4) is 0 Å². The first-order chi connectivity index (χ1) is 4.38. The molecule has 1 saturated carbocycles. The Labute approximate surface area is 56.4 Å². The molecule has 0 aromatic carbocycles. The van der Waals surface area contributed by atoms with E-state index in [0.717, 1.165) is 12.7 Å². The van der Waals surface area contributed by atoms with Crippen LogP contribution in [0.5, 0.6) is 0 Å². The molecule has 1 heteroatoms. The number of rotatable bonds is 2. The topological polar surface area (TPSA) is 17.1 Å². The van der Waals surface area contributed by atoms with E-state index in [9.17, 15) is 4.79 Å². The van der Waals surface area contributed by atoms with Crippen LogP contribution in [0.3, 0.4) is 0 Å². The lowest BCUT2D eigenvalue weighted by Gasteiger charge is -2.09. The molecule has 0 N–H and O–H groups in total. The van der Waals surface area contributed by atoms with Crippen LogP contribution in [0, 0.1) is 11.8 Å². The molecule has 52 valence electrons. The van der Waals surface area contributed by atoms with Gasteiger partial charge in [0.1, 0.15) is 6.29 Å². The molecule has 1 nitrogen and oxygen atoms in total. The van der Waals surface area contributed by atoms with Gasteiger partial charge in [0.15, 0.2) is 0 Å². The SMILES string of the molecule is CCC1CCC[C@H]1C=O. The molecule has 0 heterocycles. The third kappa shape index (κ3) is 1.32. The van der Waals surface area contributed by atoms with Crippen molar-refractivity contribution in [3.63, 3.8) is 0 Å². The predicted octanol–water partition coefficient (Wildman–Crippen LogP) is 2.01. The maximum Gasteiger partial charge on any atom is 0.123 e. The second-order valence-corrected chi connectivity index (χ2v) is 2.90. The lowest BCUT2D eigenvalue weighted by atomic mass is 9.95. The molecule has 0 bridgehead atoms. The highest BCUT2D eigenvalue weighted by Gasteiger charge is 2.24. The van der Waals surface area contributed by atoms with Gasteiger partial charge in [0.2, 0.25) is 0 Å². The fourth-order valence-electron chi connectivity index (χ4n) is 1.75. The summed E-state index contributed by atoms with van der Waals surface area (Å²) in [7, 11) is 0. The standard InChI is InChI=1S/C8H14O/c1-2-7-4-3-5-8(7)6-9/h6-8H,2-5H2,1H3/t7?,8-/m0/s1. The van der Waals surface area contributed by atoms with E-state index in [2.05, 4.69) is 6.92 Å². The predicted molar refractivity (Wildman–Crippen MR) is 37.2 cm³/mol. The van der Waals surface area contributed by atoms with E-state index in [1.54, 1.807) is 0 Å². The lowest BCUT2D eigenvalue weighted by molar-refractivity contribution is -0.112. The Morgan fingerprint density at radius 2 is 2.33 bits per heavy atom. The van der Waals surface area contributed by atoms with Crippen molar-refractivity contribution in [1.29, 1.82) is 0 Å². The molecule has 2 atom stereocenters. The van der Waals surface area contributed by atoms with Crippen molar-refractivity contribution in [2.45, 2.75) is 32.6 Å². The molecule has 1 fully saturated rings. The minimum Gasteiger partial charge on any atom is -0.303 e. The summed E-state index contributed by atoms with van der Waals surface area (Å²) >= 11 is 0. The zero-order valence-corrected chi connectivity index (χ0v) is 5.97. The van der Waals surface area contributed by atoms with Crippen LogP contribution in [0.15, 0.2) is 0 Å². The van der Waals surface area contributed by atoms with Gasteiger partial charge in [-0.1, -0.05) is 19.8 Å². The van der Waals surface area contributed by atoms with E-state index in [-0.39, 0.29) is 0 Å². The molecule has 1 rings (SSSR count). The van der Waals surface area contributed by atoms with Gasteiger partial charge in [0, 0.05) is 5.92 Å². The summed E-state index contributed by atoms with van der Waals surface area (Å²) in [5, 5.41) is 0. The first-order valence-electron chi connectivity index (χ1n) is 3.83. The quantitative estimate of drug-likeness (QED) is 0.517. The van der Waals surface area contributed by atoms with Crippen molar-refractivity contribution in [1.82, 2.24) is 0 Å². The smallest absolute Gasteiger partial charge is 0.123 e. The molecule has 0 aromatic heterocycles. The Morgan fingerprint density at radius 1 is 1.56 bits per heavy atom. The van der Waals surface area contributed by atoms with Crippen molar-refractivity contribution in [3.05, 3.63) is 0 Å². The molecular formula is C8H14O. The van der Waals surface area contributed by atoms with Crippen LogP contribution in [-0.2, 0) is 4.79 Å².